The van der Waals surface area contributed by atoms with E-state index in [4.69, 9.17) is 4.74 Å². The molecule has 1 aromatic heterocycles. The zero-order chi connectivity index (χ0) is 18.3. The van der Waals surface area contributed by atoms with Crippen LogP contribution in [0.2, 0.25) is 0 Å². The van der Waals surface area contributed by atoms with Crippen molar-refractivity contribution in [2.75, 3.05) is 12.4 Å². The number of halogens is 1. The fourth-order valence-electron chi connectivity index (χ4n) is 3.19. The van der Waals surface area contributed by atoms with Crippen LogP contribution in [-0.2, 0) is 4.79 Å². The van der Waals surface area contributed by atoms with Gasteiger partial charge in [-0.3, -0.25) is 9.36 Å². The summed E-state index contributed by atoms with van der Waals surface area (Å²) in [7, 11) is 1.47. The maximum absolute atomic E-state index is 13.2. The predicted molar refractivity (Wildman–Crippen MR) is 93.3 cm³/mol. The predicted octanol–water partition coefficient (Wildman–Crippen LogP) is 3.20. The molecule has 2 heterocycles. The number of hydrogen-bond donors (Lipinski definition) is 2. The highest BCUT2D eigenvalue weighted by Crippen LogP contribution is 2.39. The van der Waals surface area contributed by atoms with Gasteiger partial charge in [0.05, 0.1) is 12.8 Å². The molecule has 6 nitrogen and oxygen atoms in total. The first kappa shape index (κ1) is 16.1. The van der Waals surface area contributed by atoms with Crippen LogP contribution in [0.1, 0.15) is 23.6 Å². The van der Waals surface area contributed by atoms with Crippen LogP contribution < -0.4 is 10.1 Å². The Morgan fingerprint density at radius 1 is 1.27 bits per heavy atom. The topological polar surface area (TPSA) is 76.4 Å². The highest BCUT2D eigenvalue weighted by Gasteiger charge is 2.31. The van der Waals surface area contributed by atoms with Crippen molar-refractivity contribution in [3.05, 3.63) is 65.9 Å². The summed E-state index contributed by atoms with van der Waals surface area (Å²) in [4.78, 5) is 16.8. The Morgan fingerprint density at radius 3 is 2.77 bits per heavy atom. The van der Waals surface area contributed by atoms with E-state index in [2.05, 4.69) is 10.3 Å². The number of amides is 1. The van der Waals surface area contributed by atoms with Crippen molar-refractivity contribution >= 4 is 11.7 Å². The summed E-state index contributed by atoms with van der Waals surface area (Å²) >= 11 is 0. The van der Waals surface area contributed by atoms with Gasteiger partial charge in [-0.05, 0) is 42.0 Å². The van der Waals surface area contributed by atoms with Crippen molar-refractivity contribution in [1.82, 2.24) is 9.55 Å². The van der Waals surface area contributed by atoms with Gasteiger partial charge < -0.3 is 15.2 Å². The standard InChI is InChI=1S/C19H16FN3O3/c1-26-16-8-11(2-7-15(16)24)14-9-17(25)22-19-18(14)21-10-23(19)13-5-3-12(20)4-6-13/h2-8,10,14,24H,9H2,1H3,(H,22,25)/t14-/m1/s1. The molecule has 0 saturated carbocycles. The molecule has 0 fully saturated rings. The van der Waals surface area contributed by atoms with Crippen molar-refractivity contribution in [1.29, 1.82) is 0 Å². The van der Waals surface area contributed by atoms with Gasteiger partial charge >= 0.3 is 0 Å². The Bertz CT molecular complexity index is 982. The lowest BCUT2D eigenvalue weighted by atomic mass is 9.89. The quantitative estimate of drug-likeness (QED) is 0.758. The molecular weight excluding hydrogens is 337 g/mol. The molecule has 132 valence electrons. The first-order valence-electron chi connectivity index (χ1n) is 8.06. The lowest BCUT2D eigenvalue weighted by Gasteiger charge is -2.23. The molecule has 1 atom stereocenters. The minimum atomic E-state index is -0.333. The molecular formula is C19H16FN3O3. The number of anilines is 1. The van der Waals surface area contributed by atoms with Gasteiger partial charge in [0.15, 0.2) is 11.5 Å². The number of ether oxygens (including phenoxy) is 1. The third kappa shape index (κ3) is 2.67. The summed E-state index contributed by atoms with van der Waals surface area (Å²) in [6.07, 6.45) is 1.84. The van der Waals surface area contributed by atoms with Crippen LogP contribution in [0.15, 0.2) is 48.8 Å². The highest BCUT2D eigenvalue weighted by molar-refractivity contribution is 5.94. The van der Waals surface area contributed by atoms with E-state index in [1.165, 1.54) is 25.3 Å². The minimum Gasteiger partial charge on any atom is -0.504 e. The molecule has 0 saturated heterocycles. The molecule has 1 aliphatic heterocycles. The van der Waals surface area contributed by atoms with E-state index in [1.54, 1.807) is 35.2 Å². The summed E-state index contributed by atoms with van der Waals surface area (Å²) in [6.45, 7) is 0. The van der Waals surface area contributed by atoms with Crippen LogP contribution in [0.4, 0.5) is 10.2 Å². The third-order valence-corrected chi connectivity index (χ3v) is 4.48. The molecule has 1 amide bonds. The van der Waals surface area contributed by atoms with E-state index in [0.717, 1.165) is 5.56 Å². The Morgan fingerprint density at radius 2 is 2.04 bits per heavy atom. The molecule has 2 aromatic carbocycles. The Labute approximate surface area is 148 Å². The molecule has 4 rings (SSSR count). The molecule has 3 aromatic rings. The third-order valence-electron chi connectivity index (χ3n) is 4.48. The second-order valence-electron chi connectivity index (χ2n) is 6.06. The number of imidazole rings is 1. The number of aromatic nitrogens is 2. The van der Waals surface area contributed by atoms with E-state index in [0.29, 0.717) is 22.9 Å². The smallest absolute Gasteiger partial charge is 0.226 e. The van der Waals surface area contributed by atoms with Crippen molar-refractivity contribution < 1.29 is 19.0 Å². The monoisotopic (exact) mass is 353 g/mol. The van der Waals surface area contributed by atoms with Gasteiger partial charge in [-0.25, -0.2) is 9.37 Å². The molecule has 7 heteroatoms. The largest absolute Gasteiger partial charge is 0.504 e. The summed E-state index contributed by atoms with van der Waals surface area (Å²) in [6, 6.07) is 11.0. The van der Waals surface area contributed by atoms with E-state index in [1.807, 2.05) is 0 Å². The van der Waals surface area contributed by atoms with Crippen LogP contribution in [0, 0.1) is 5.82 Å². The van der Waals surface area contributed by atoms with Gasteiger partial charge in [0.25, 0.3) is 0 Å². The van der Waals surface area contributed by atoms with Crippen molar-refractivity contribution in [3.8, 4) is 17.2 Å². The average Bonchev–Trinajstić information content (AvgIpc) is 3.06. The lowest BCUT2D eigenvalue weighted by molar-refractivity contribution is -0.116. The van der Waals surface area contributed by atoms with Gasteiger partial charge in [0.2, 0.25) is 5.91 Å². The number of fused-ring (bicyclic) bond motifs is 1. The number of aromatic hydroxyl groups is 1. The number of phenolic OH excluding ortho intramolecular Hbond substituents is 1. The number of hydrogen-bond acceptors (Lipinski definition) is 4. The van der Waals surface area contributed by atoms with Crippen LogP contribution in [-0.4, -0.2) is 27.7 Å². The number of carbonyl (C=O) groups is 1. The number of methoxy groups -OCH3 is 1. The number of nitrogens with zero attached hydrogens (tertiary/aromatic N) is 2. The van der Waals surface area contributed by atoms with E-state index in [-0.39, 0.29) is 29.8 Å². The van der Waals surface area contributed by atoms with Crippen LogP contribution >= 0.6 is 0 Å². The zero-order valence-corrected chi connectivity index (χ0v) is 13.9. The first-order valence-corrected chi connectivity index (χ1v) is 8.06. The van der Waals surface area contributed by atoms with Crippen LogP contribution in [0.5, 0.6) is 11.5 Å². The zero-order valence-electron chi connectivity index (χ0n) is 13.9. The lowest BCUT2D eigenvalue weighted by Crippen LogP contribution is -2.24. The van der Waals surface area contributed by atoms with Crippen molar-refractivity contribution in [3.63, 3.8) is 0 Å². The first-order chi connectivity index (χ1) is 12.6. The SMILES string of the molecule is COc1cc([C@H]2CC(=O)Nc3c2ncn3-c2ccc(F)cc2)ccc1O. The number of phenols is 1. The van der Waals surface area contributed by atoms with Gasteiger partial charge in [-0.1, -0.05) is 6.07 Å². The molecule has 0 unspecified atom stereocenters. The number of rotatable bonds is 3. The summed E-state index contributed by atoms with van der Waals surface area (Å²) in [5.41, 5.74) is 2.23. The van der Waals surface area contributed by atoms with E-state index >= 15 is 0 Å². The molecule has 0 radical (unpaired) electrons. The van der Waals surface area contributed by atoms with Gasteiger partial charge in [-0.15, -0.1) is 0 Å². The van der Waals surface area contributed by atoms with Gasteiger partial charge in [0, 0.05) is 18.0 Å². The Kier molecular flexibility index (Phi) is 3.84. The fraction of sp³-hybridized carbons (Fsp3) is 0.158. The molecule has 2 N–H and O–H groups in total. The maximum atomic E-state index is 13.2. The van der Waals surface area contributed by atoms with Crippen molar-refractivity contribution in [2.24, 2.45) is 0 Å². The number of benzene rings is 2. The molecule has 1 aliphatic rings. The molecule has 26 heavy (non-hydrogen) atoms. The van der Waals surface area contributed by atoms with Crippen molar-refractivity contribution in [2.45, 2.75) is 12.3 Å². The Balaban J connectivity index is 1.80. The number of nitrogens with one attached hydrogen (secondary N) is 1. The fourth-order valence-corrected chi connectivity index (χ4v) is 3.19. The highest BCUT2D eigenvalue weighted by atomic mass is 19.1. The second-order valence-corrected chi connectivity index (χ2v) is 6.06. The minimum absolute atomic E-state index is 0.0357. The summed E-state index contributed by atoms with van der Waals surface area (Å²) in [5, 5.41) is 12.6. The average molecular weight is 353 g/mol. The normalized spacial score (nSPS) is 16.1. The number of carbonyl (C=O) groups excluding carboxylic acids is 1. The van der Waals surface area contributed by atoms with E-state index < -0.39 is 0 Å². The Hall–Kier alpha value is -3.35. The molecule has 0 aliphatic carbocycles. The van der Waals surface area contributed by atoms with Crippen LogP contribution in [0.3, 0.4) is 0 Å². The summed E-state index contributed by atoms with van der Waals surface area (Å²) < 4.78 is 20.1. The summed E-state index contributed by atoms with van der Waals surface area (Å²) in [5.74, 6) is 0.195. The second kappa shape index (κ2) is 6.18. The van der Waals surface area contributed by atoms with E-state index in [9.17, 15) is 14.3 Å². The van der Waals surface area contributed by atoms with Crippen LogP contribution in [0.25, 0.3) is 5.69 Å². The molecule has 0 bridgehead atoms. The molecule has 0 spiro atoms. The maximum Gasteiger partial charge on any atom is 0.226 e. The van der Waals surface area contributed by atoms with Gasteiger partial charge in [0.1, 0.15) is 18.0 Å². The van der Waals surface area contributed by atoms with Gasteiger partial charge in [-0.2, -0.15) is 0 Å².